The summed E-state index contributed by atoms with van der Waals surface area (Å²) in [4.78, 5) is 25.2. The highest BCUT2D eigenvalue weighted by Crippen LogP contribution is 2.36. The van der Waals surface area contributed by atoms with Gasteiger partial charge in [0, 0.05) is 10.9 Å². The second-order valence-electron chi connectivity index (χ2n) is 7.11. The van der Waals surface area contributed by atoms with Crippen molar-refractivity contribution in [3.63, 3.8) is 0 Å². The van der Waals surface area contributed by atoms with Gasteiger partial charge in [-0.25, -0.2) is 9.18 Å². The first-order valence-corrected chi connectivity index (χ1v) is 10.8. The Morgan fingerprint density at radius 1 is 1.10 bits per heavy atom. The highest BCUT2D eigenvalue weighted by molar-refractivity contribution is 7.15. The summed E-state index contributed by atoms with van der Waals surface area (Å²) in [5, 5.41) is 4.85. The molecule has 31 heavy (non-hydrogen) atoms. The van der Waals surface area contributed by atoms with Gasteiger partial charge < -0.3 is 14.8 Å². The minimum absolute atomic E-state index is 0.194. The second kappa shape index (κ2) is 10.2. The molecule has 1 heterocycles. The van der Waals surface area contributed by atoms with Crippen LogP contribution in [0.15, 0.2) is 53.9 Å². The fraction of sp³-hybridized carbons (Fsp3) is 0.250. The topological polar surface area (TPSA) is 64.6 Å². The van der Waals surface area contributed by atoms with Crippen LogP contribution in [0.2, 0.25) is 0 Å². The van der Waals surface area contributed by atoms with Gasteiger partial charge in [-0.05, 0) is 42.2 Å². The third-order valence-corrected chi connectivity index (χ3v) is 5.47. The molecule has 2 aromatic carbocycles. The maximum absolute atomic E-state index is 13.3. The molecule has 0 radical (unpaired) electrons. The quantitative estimate of drug-likeness (QED) is 0.444. The van der Waals surface area contributed by atoms with Gasteiger partial charge in [-0.1, -0.05) is 44.2 Å². The van der Waals surface area contributed by atoms with Crippen LogP contribution in [0.1, 0.15) is 42.6 Å². The zero-order chi connectivity index (χ0) is 22.4. The molecule has 0 unspecified atom stereocenters. The number of amides is 1. The average molecular weight is 442 g/mol. The Kier molecular flexibility index (Phi) is 7.41. The lowest BCUT2D eigenvalue weighted by Gasteiger charge is -2.14. The number of ether oxygens (including phenoxy) is 2. The number of anilines is 1. The first kappa shape index (κ1) is 22.5. The molecule has 3 aromatic rings. The lowest BCUT2D eigenvalue weighted by atomic mass is 10.0. The molecule has 0 saturated heterocycles. The highest BCUT2D eigenvalue weighted by Gasteiger charge is 2.23. The maximum atomic E-state index is 13.3. The van der Waals surface area contributed by atoms with Gasteiger partial charge in [0.2, 0.25) is 0 Å². The van der Waals surface area contributed by atoms with E-state index in [-0.39, 0.29) is 30.5 Å². The lowest BCUT2D eigenvalue weighted by molar-refractivity contribution is -0.118. The van der Waals surface area contributed by atoms with Crippen LogP contribution in [0.4, 0.5) is 9.39 Å². The summed E-state index contributed by atoms with van der Waals surface area (Å²) < 4.78 is 24.2. The molecule has 1 N–H and O–H groups in total. The fourth-order valence-electron chi connectivity index (χ4n) is 3.09. The van der Waals surface area contributed by atoms with Crippen LogP contribution in [0, 0.1) is 5.82 Å². The molecule has 0 bridgehead atoms. The number of hydrogen-bond acceptors (Lipinski definition) is 5. The molecular weight excluding hydrogens is 417 g/mol. The number of carbonyl (C=O) groups excluding carboxylic acids is 2. The number of hydrogen-bond donors (Lipinski definition) is 1. The van der Waals surface area contributed by atoms with Crippen LogP contribution in [0.5, 0.6) is 5.75 Å². The zero-order valence-electron chi connectivity index (χ0n) is 17.6. The zero-order valence-corrected chi connectivity index (χ0v) is 18.4. The summed E-state index contributed by atoms with van der Waals surface area (Å²) >= 11 is 1.21. The molecular formula is C24H24FNO4S. The Hall–Kier alpha value is -3.19. The van der Waals surface area contributed by atoms with E-state index in [1.807, 2.05) is 24.3 Å². The molecule has 5 nitrogen and oxygen atoms in total. The monoisotopic (exact) mass is 441 g/mol. The van der Waals surface area contributed by atoms with Crippen LogP contribution >= 0.6 is 11.3 Å². The minimum Gasteiger partial charge on any atom is -0.483 e. The fourth-order valence-corrected chi connectivity index (χ4v) is 4.07. The molecule has 1 amide bonds. The minimum atomic E-state index is -0.551. The van der Waals surface area contributed by atoms with Crippen molar-refractivity contribution in [3.8, 4) is 16.9 Å². The van der Waals surface area contributed by atoms with Crippen LogP contribution in [-0.2, 0) is 9.53 Å². The smallest absolute Gasteiger partial charge is 0.341 e. The number of para-hydroxylation sites is 1. The van der Waals surface area contributed by atoms with Gasteiger partial charge >= 0.3 is 5.97 Å². The molecule has 0 atom stereocenters. The van der Waals surface area contributed by atoms with Crippen molar-refractivity contribution in [2.24, 2.45) is 0 Å². The predicted octanol–water partition coefficient (Wildman–Crippen LogP) is 5.87. The molecule has 7 heteroatoms. The molecule has 1 aromatic heterocycles. The van der Waals surface area contributed by atoms with Crippen molar-refractivity contribution >= 4 is 28.2 Å². The maximum Gasteiger partial charge on any atom is 0.341 e. The van der Waals surface area contributed by atoms with Crippen LogP contribution < -0.4 is 10.1 Å². The molecule has 0 aliphatic carbocycles. The number of esters is 1. The molecule has 0 saturated carbocycles. The summed E-state index contributed by atoms with van der Waals surface area (Å²) in [5.41, 5.74) is 2.49. The number of rotatable bonds is 8. The number of carbonyl (C=O) groups is 2. The summed E-state index contributed by atoms with van der Waals surface area (Å²) in [6.07, 6.45) is 0. The molecule has 0 spiro atoms. The van der Waals surface area contributed by atoms with E-state index in [0.29, 0.717) is 21.9 Å². The van der Waals surface area contributed by atoms with Crippen molar-refractivity contribution in [1.82, 2.24) is 0 Å². The molecule has 162 valence electrons. The van der Waals surface area contributed by atoms with E-state index >= 15 is 0 Å². The van der Waals surface area contributed by atoms with Gasteiger partial charge in [0.15, 0.2) is 6.61 Å². The SMILES string of the molecule is CCOC(=O)c1c(-c2ccc(F)cc2)csc1NC(=O)COc1ccccc1C(C)C. The van der Waals surface area contributed by atoms with Gasteiger partial charge in [-0.15, -0.1) is 11.3 Å². The van der Waals surface area contributed by atoms with Crippen LogP contribution in [0.3, 0.4) is 0 Å². The van der Waals surface area contributed by atoms with E-state index in [0.717, 1.165) is 5.56 Å². The average Bonchev–Trinajstić information content (AvgIpc) is 3.16. The normalized spacial score (nSPS) is 10.7. The van der Waals surface area contributed by atoms with Crippen LogP contribution in [0.25, 0.3) is 11.1 Å². The van der Waals surface area contributed by atoms with E-state index in [9.17, 15) is 14.0 Å². The molecule has 0 aliphatic heterocycles. The van der Waals surface area contributed by atoms with Crippen molar-refractivity contribution in [2.45, 2.75) is 26.7 Å². The largest absolute Gasteiger partial charge is 0.483 e. The summed E-state index contributed by atoms with van der Waals surface area (Å²) in [6, 6.07) is 13.4. The molecule has 0 fully saturated rings. The third kappa shape index (κ3) is 5.49. The van der Waals surface area contributed by atoms with Crippen molar-refractivity contribution in [3.05, 3.63) is 70.9 Å². The summed E-state index contributed by atoms with van der Waals surface area (Å²) in [7, 11) is 0. The lowest BCUT2D eigenvalue weighted by Crippen LogP contribution is -2.21. The van der Waals surface area contributed by atoms with E-state index in [1.54, 1.807) is 24.4 Å². The van der Waals surface area contributed by atoms with E-state index < -0.39 is 11.9 Å². The van der Waals surface area contributed by atoms with Crippen LogP contribution in [-0.4, -0.2) is 25.1 Å². The number of benzene rings is 2. The Labute approximate surface area is 184 Å². The molecule has 0 aliphatic rings. The first-order valence-electron chi connectivity index (χ1n) is 9.96. The number of halogens is 1. The number of thiophene rings is 1. The predicted molar refractivity (Wildman–Crippen MR) is 120 cm³/mol. The van der Waals surface area contributed by atoms with Gasteiger partial charge in [0.25, 0.3) is 5.91 Å². The Balaban J connectivity index is 1.80. The Bertz CT molecular complexity index is 1060. The second-order valence-corrected chi connectivity index (χ2v) is 7.99. The van der Waals surface area contributed by atoms with Gasteiger partial charge in [-0.2, -0.15) is 0 Å². The van der Waals surface area contributed by atoms with E-state index in [1.165, 1.54) is 23.5 Å². The van der Waals surface area contributed by atoms with E-state index in [2.05, 4.69) is 19.2 Å². The van der Waals surface area contributed by atoms with Gasteiger partial charge in [0.05, 0.1) is 6.61 Å². The van der Waals surface area contributed by atoms with E-state index in [4.69, 9.17) is 9.47 Å². The Morgan fingerprint density at radius 3 is 2.48 bits per heavy atom. The third-order valence-electron chi connectivity index (χ3n) is 4.58. The highest BCUT2D eigenvalue weighted by atomic mass is 32.1. The van der Waals surface area contributed by atoms with Gasteiger partial charge in [-0.3, -0.25) is 4.79 Å². The van der Waals surface area contributed by atoms with Crippen molar-refractivity contribution in [2.75, 3.05) is 18.5 Å². The van der Waals surface area contributed by atoms with Crippen molar-refractivity contribution < 1.29 is 23.5 Å². The molecule has 3 rings (SSSR count). The first-order chi connectivity index (χ1) is 14.9. The number of nitrogens with one attached hydrogen (secondary N) is 1. The Morgan fingerprint density at radius 2 is 1.81 bits per heavy atom. The standard InChI is InChI=1S/C24H24FNO4S/c1-4-29-24(28)22-19(16-9-11-17(25)12-10-16)14-31-23(22)26-21(27)13-30-20-8-6-5-7-18(20)15(2)3/h5-12,14-15H,4,13H2,1-3H3,(H,26,27). The van der Waals surface area contributed by atoms with Gasteiger partial charge in [0.1, 0.15) is 22.1 Å². The van der Waals surface area contributed by atoms with Crippen molar-refractivity contribution in [1.29, 1.82) is 0 Å². The summed E-state index contributed by atoms with van der Waals surface area (Å²) in [6.45, 7) is 5.81. The summed E-state index contributed by atoms with van der Waals surface area (Å²) in [5.74, 6) is -0.410.